The fourth-order valence-electron chi connectivity index (χ4n) is 2.21. The molecule has 0 aliphatic heterocycles. The average Bonchev–Trinajstić information content (AvgIpc) is 3.27. The van der Waals surface area contributed by atoms with Crippen molar-refractivity contribution in [2.24, 2.45) is 5.10 Å². The van der Waals surface area contributed by atoms with Crippen LogP contribution in [0.3, 0.4) is 0 Å². The van der Waals surface area contributed by atoms with Gasteiger partial charge in [0.15, 0.2) is 0 Å². The van der Waals surface area contributed by atoms with Crippen LogP contribution in [-0.2, 0) is 9.59 Å². The second-order valence-corrected chi connectivity index (χ2v) is 6.53. The number of esters is 1. The number of nitrogens with zero attached hydrogens (tertiary/aromatic N) is 1. The van der Waals surface area contributed by atoms with Gasteiger partial charge in [0.2, 0.25) is 5.76 Å². The van der Waals surface area contributed by atoms with Gasteiger partial charge in [-0.1, -0.05) is 35.3 Å². The Morgan fingerprint density at radius 1 is 1.00 bits per heavy atom. The molecule has 3 aromatic rings. The quantitative estimate of drug-likeness (QED) is 0.203. The van der Waals surface area contributed by atoms with E-state index in [-0.39, 0.29) is 22.2 Å². The lowest BCUT2D eigenvalue weighted by Crippen LogP contribution is -2.32. The Hall–Kier alpha value is -3.62. The van der Waals surface area contributed by atoms with Crippen molar-refractivity contribution in [3.63, 3.8) is 0 Å². The van der Waals surface area contributed by atoms with Crippen LogP contribution in [0.4, 0.5) is 5.69 Å². The van der Waals surface area contributed by atoms with Crippen LogP contribution in [0.1, 0.15) is 16.1 Å². The first kappa shape index (κ1) is 21.1. The SMILES string of the molecule is O=C(N/N=C/c1ccccc1OC(=O)c1ccco1)C(=O)Nc1cc(Cl)ccc1Cl. The summed E-state index contributed by atoms with van der Waals surface area (Å²) in [5.74, 6) is -2.50. The maximum Gasteiger partial charge on any atom is 0.379 e. The minimum atomic E-state index is -1.03. The summed E-state index contributed by atoms with van der Waals surface area (Å²) in [4.78, 5) is 35.9. The lowest BCUT2D eigenvalue weighted by atomic mass is 10.2. The zero-order valence-corrected chi connectivity index (χ0v) is 16.6. The molecule has 0 fully saturated rings. The summed E-state index contributed by atoms with van der Waals surface area (Å²) < 4.78 is 10.2. The molecule has 0 aliphatic carbocycles. The predicted octanol–water partition coefficient (Wildman–Crippen LogP) is 3.89. The standard InChI is InChI=1S/C20H13Cl2N3O5/c21-13-7-8-14(22)15(10-13)24-18(26)19(27)25-23-11-12-4-1-2-5-16(12)30-20(28)17-6-3-9-29-17/h1-11H,(H,24,26)(H,25,27)/b23-11+. The predicted molar refractivity (Wildman–Crippen MR) is 111 cm³/mol. The highest BCUT2D eigenvalue weighted by Gasteiger charge is 2.16. The summed E-state index contributed by atoms with van der Waals surface area (Å²) in [6.45, 7) is 0. The summed E-state index contributed by atoms with van der Waals surface area (Å²) in [5, 5.41) is 6.61. The first-order valence-electron chi connectivity index (χ1n) is 8.38. The molecule has 2 N–H and O–H groups in total. The van der Waals surface area contributed by atoms with Crippen LogP contribution in [0, 0.1) is 0 Å². The zero-order chi connectivity index (χ0) is 21.5. The molecule has 0 bridgehead atoms. The van der Waals surface area contributed by atoms with Crippen molar-refractivity contribution in [1.29, 1.82) is 0 Å². The molecular weight excluding hydrogens is 433 g/mol. The molecule has 2 aromatic carbocycles. The minimum Gasteiger partial charge on any atom is -0.457 e. The first-order chi connectivity index (χ1) is 14.4. The van der Waals surface area contributed by atoms with Crippen LogP contribution in [0.2, 0.25) is 10.0 Å². The molecule has 0 unspecified atom stereocenters. The maximum absolute atomic E-state index is 12.0. The number of halogens is 2. The third-order valence-electron chi connectivity index (χ3n) is 3.60. The lowest BCUT2D eigenvalue weighted by Gasteiger charge is -2.07. The fraction of sp³-hybridized carbons (Fsp3) is 0. The van der Waals surface area contributed by atoms with E-state index in [9.17, 15) is 14.4 Å². The monoisotopic (exact) mass is 445 g/mol. The Labute approximate surface area is 180 Å². The molecular formula is C20H13Cl2N3O5. The molecule has 0 radical (unpaired) electrons. The van der Waals surface area contributed by atoms with Gasteiger partial charge in [0.05, 0.1) is 23.2 Å². The van der Waals surface area contributed by atoms with Crippen LogP contribution >= 0.6 is 23.2 Å². The molecule has 2 amide bonds. The largest absolute Gasteiger partial charge is 0.457 e. The summed E-state index contributed by atoms with van der Waals surface area (Å²) in [5.41, 5.74) is 2.65. The Balaban J connectivity index is 1.62. The molecule has 0 aliphatic rings. The number of carbonyl (C=O) groups excluding carboxylic acids is 3. The number of carbonyl (C=O) groups is 3. The van der Waals surface area contributed by atoms with Crippen molar-refractivity contribution in [3.8, 4) is 5.75 Å². The van der Waals surface area contributed by atoms with Crippen LogP contribution < -0.4 is 15.5 Å². The second-order valence-electron chi connectivity index (χ2n) is 5.68. The van der Waals surface area contributed by atoms with Gasteiger partial charge in [-0.2, -0.15) is 5.10 Å². The number of rotatable bonds is 5. The molecule has 152 valence electrons. The van der Waals surface area contributed by atoms with E-state index in [1.165, 1.54) is 36.7 Å². The second kappa shape index (κ2) is 9.73. The van der Waals surface area contributed by atoms with Gasteiger partial charge < -0.3 is 14.5 Å². The maximum atomic E-state index is 12.0. The highest BCUT2D eigenvalue weighted by atomic mass is 35.5. The number of nitrogens with one attached hydrogen (secondary N) is 2. The number of benzene rings is 2. The Morgan fingerprint density at radius 2 is 1.80 bits per heavy atom. The van der Waals surface area contributed by atoms with Gasteiger partial charge in [-0.3, -0.25) is 9.59 Å². The lowest BCUT2D eigenvalue weighted by molar-refractivity contribution is -0.136. The molecule has 3 rings (SSSR count). The minimum absolute atomic E-state index is 0.0337. The first-order valence-corrected chi connectivity index (χ1v) is 9.14. The molecule has 0 spiro atoms. The van der Waals surface area contributed by atoms with Crippen molar-refractivity contribution in [2.45, 2.75) is 0 Å². The van der Waals surface area contributed by atoms with E-state index in [2.05, 4.69) is 15.8 Å². The van der Waals surface area contributed by atoms with Crippen LogP contribution in [0.25, 0.3) is 0 Å². The number of hydrazone groups is 1. The van der Waals surface area contributed by atoms with Crippen molar-refractivity contribution >= 4 is 52.9 Å². The summed E-state index contributed by atoms with van der Waals surface area (Å²) in [6, 6.07) is 13.9. The Bertz CT molecular complexity index is 1110. The van der Waals surface area contributed by atoms with E-state index in [0.29, 0.717) is 10.6 Å². The van der Waals surface area contributed by atoms with Gasteiger partial charge in [-0.15, -0.1) is 0 Å². The topological polar surface area (TPSA) is 110 Å². The summed E-state index contributed by atoms with van der Waals surface area (Å²) in [7, 11) is 0. The normalized spacial score (nSPS) is 10.6. The van der Waals surface area contributed by atoms with Crippen molar-refractivity contribution in [2.75, 3.05) is 5.32 Å². The molecule has 10 heteroatoms. The number of hydrogen-bond acceptors (Lipinski definition) is 6. The third-order valence-corrected chi connectivity index (χ3v) is 4.16. The van der Waals surface area contributed by atoms with E-state index < -0.39 is 17.8 Å². The van der Waals surface area contributed by atoms with Crippen molar-refractivity contribution in [3.05, 3.63) is 82.2 Å². The number of amides is 2. The van der Waals surface area contributed by atoms with Crippen molar-refractivity contribution in [1.82, 2.24) is 5.43 Å². The summed E-state index contributed by atoms with van der Waals surface area (Å²) in [6.07, 6.45) is 2.57. The van der Waals surface area contributed by atoms with Gasteiger partial charge >= 0.3 is 17.8 Å². The third kappa shape index (κ3) is 5.47. The van der Waals surface area contributed by atoms with Crippen molar-refractivity contribution < 1.29 is 23.5 Å². The highest BCUT2D eigenvalue weighted by molar-refractivity contribution is 6.42. The number of hydrogen-bond donors (Lipinski definition) is 2. The zero-order valence-electron chi connectivity index (χ0n) is 15.1. The van der Waals surface area contributed by atoms with Gasteiger partial charge in [-0.05, 0) is 42.5 Å². The molecule has 0 saturated heterocycles. The van der Waals surface area contributed by atoms with Gasteiger partial charge in [0.25, 0.3) is 0 Å². The average molecular weight is 446 g/mol. The Kier molecular flexibility index (Phi) is 6.84. The van der Waals surface area contributed by atoms with Crippen LogP contribution in [-0.4, -0.2) is 24.0 Å². The van der Waals surface area contributed by atoms with Gasteiger partial charge in [0, 0.05) is 10.6 Å². The number of ether oxygens (including phenoxy) is 1. The Morgan fingerprint density at radius 3 is 2.57 bits per heavy atom. The smallest absolute Gasteiger partial charge is 0.379 e. The fourth-order valence-corrected chi connectivity index (χ4v) is 2.55. The molecule has 1 heterocycles. The molecule has 8 nitrogen and oxygen atoms in total. The van der Waals surface area contributed by atoms with Crippen LogP contribution in [0.15, 0.2) is 70.4 Å². The van der Waals surface area contributed by atoms with Gasteiger partial charge in [0.1, 0.15) is 5.75 Å². The van der Waals surface area contributed by atoms with E-state index in [0.717, 1.165) is 0 Å². The van der Waals surface area contributed by atoms with E-state index in [4.69, 9.17) is 32.4 Å². The highest BCUT2D eigenvalue weighted by Crippen LogP contribution is 2.25. The molecule has 0 saturated carbocycles. The van der Waals surface area contributed by atoms with E-state index in [1.54, 1.807) is 30.3 Å². The summed E-state index contributed by atoms with van der Waals surface area (Å²) >= 11 is 11.8. The van der Waals surface area contributed by atoms with E-state index >= 15 is 0 Å². The molecule has 1 aromatic heterocycles. The number of para-hydroxylation sites is 1. The molecule has 30 heavy (non-hydrogen) atoms. The van der Waals surface area contributed by atoms with Crippen LogP contribution in [0.5, 0.6) is 5.75 Å². The van der Waals surface area contributed by atoms with E-state index in [1.807, 2.05) is 0 Å². The number of furan rings is 1. The van der Waals surface area contributed by atoms with Gasteiger partial charge in [-0.25, -0.2) is 10.2 Å². The number of anilines is 1. The molecule has 0 atom stereocenters.